The minimum atomic E-state index is 0. The first kappa shape index (κ1) is 6.54. The highest BCUT2D eigenvalue weighted by Gasteiger charge is 1.60. The van der Waals surface area contributed by atoms with Crippen LogP contribution in [0.1, 0.15) is 0 Å². The Morgan fingerprint density at radius 1 is 1.00 bits per heavy atom. The van der Waals surface area contributed by atoms with Crippen LogP contribution in [0.4, 0.5) is 0 Å². The SMILES string of the molecule is [AlH3].c1cnnnc1. The standard InChI is InChI=1S/C3H3N3.Al.3H/c1-2-4-6-5-3-1;;;;/h1-3H;;;;. The molecule has 0 aliphatic heterocycles. The highest BCUT2D eigenvalue weighted by Crippen LogP contribution is 1.61. The van der Waals surface area contributed by atoms with Crippen LogP contribution in [-0.4, -0.2) is 32.8 Å². The molecule has 0 saturated carbocycles. The zero-order valence-corrected chi connectivity index (χ0v) is 3.07. The lowest BCUT2D eigenvalue weighted by molar-refractivity contribution is 0.865. The van der Waals surface area contributed by atoms with Gasteiger partial charge >= 0.3 is 0 Å². The first-order valence-electron chi connectivity index (χ1n) is 1.58. The summed E-state index contributed by atoms with van der Waals surface area (Å²) in [7, 11) is 0. The molecule has 0 radical (unpaired) electrons. The summed E-state index contributed by atoms with van der Waals surface area (Å²) in [6.07, 6.45) is 3.15. The summed E-state index contributed by atoms with van der Waals surface area (Å²) >= 11 is 0. The van der Waals surface area contributed by atoms with E-state index in [0.717, 1.165) is 0 Å². The summed E-state index contributed by atoms with van der Waals surface area (Å²) in [6.45, 7) is 0. The Labute approximate surface area is 51.9 Å². The second-order valence-corrected chi connectivity index (χ2v) is 0.811. The van der Waals surface area contributed by atoms with Crippen LogP contribution in [0.2, 0.25) is 0 Å². The number of nitrogens with zero attached hydrogens (tertiary/aromatic N) is 3. The van der Waals surface area contributed by atoms with Crippen molar-refractivity contribution in [3.8, 4) is 0 Å². The molecular weight excluding hydrogens is 105 g/mol. The molecule has 0 N–H and O–H groups in total. The van der Waals surface area contributed by atoms with E-state index in [9.17, 15) is 0 Å². The topological polar surface area (TPSA) is 38.7 Å². The van der Waals surface area contributed by atoms with Gasteiger partial charge in [-0.05, 0) is 11.3 Å². The third-order valence-corrected chi connectivity index (χ3v) is 0.409. The third-order valence-electron chi connectivity index (χ3n) is 0.409. The van der Waals surface area contributed by atoms with Crippen molar-refractivity contribution in [1.29, 1.82) is 0 Å². The molecule has 3 nitrogen and oxygen atoms in total. The first-order chi connectivity index (χ1) is 3.00. The van der Waals surface area contributed by atoms with E-state index in [2.05, 4.69) is 15.4 Å². The molecule has 0 aliphatic carbocycles. The monoisotopic (exact) mass is 111 g/mol. The van der Waals surface area contributed by atoms with Gasteiger partial charge in [0.25, 0.3) is 0 Å². The van der Waals surface area contributed by atoms with E-state index in [4.69, 9.17) is 0 Å². The fraction of sp³-hybridized carbons (Fsp3) is 0. The molecule has 0 unspecified atom stereocenters. The van der Waals surface area contributed by atoms with Crippen LogP contribution in [0.25, 0.3) is 0 Å². The van der Waals surface area contributed by atoms with Crippen molar-refractivity contribution in [3.05, 3.63) is 18.5 Å². The van der Waals surface area contributed by atoms with Gasteiger partial charge in [-0.2, -0.15) is 0 Å². The summed E-state index contributed by atoms with van der Waals surface area (Å²) in [6, 6.07) is 1.72. The smallest absolute Gasteiger partial charge is 0.139 e. The van der Waals surface area contributed by atoms with Crippen molar-refractivity contribution in [1.82, 2.24) is 15.4 Å². The maximum atomic E-state index is 3.42. The highest BCUT2D eigenvalue weighted by molar-refractivity contribution is 5.75. The predicted molar refractivity (Wildman–Crippen MR) is 29.8 cm³/mol. The molecule has 0 saturated heterocycles. The van der Waals surface area contributed by atoms with Crippen LogP contribution < -0.4 is 0 Å². The van der Waals surface area contributed by atoms with Crippen molar-refractivity contribution in [3.63, 3.8) is 0 Å². The Balaban J connectivity index is 0.000000360. The molecule has 0 aromatic carbocycles. The van der Waals surface area contributed by atoms with E-state index in [1.165, 1.54) is 0 Å². The summed E-state index contributed by atoms with van der Waals surface area (Å²) in [4.78, 5) is 0. The van der Waals surface area contributed by atoms with E-state index in [0.29, 0.717) is 0 Å². The molecule has 36 valence electrons. The lowest BCUT2D eigenvalue weighted by Crippen LogP contribution is -1.78. The summed E-state index contributed by atoms with van der Waals surface area (Å²) in [5.41, 5.74) is 0. The Morgan fingerprint density at radius 2 is 1.57 bits per heavy atom. The van der Waals surface area contributed by atoms with E-state index in [1.54, 1.807) is 18.5 Å². The van der Waals surface area contributed by atoms with Crippen LogP contribution in [-0.2, 0) is 0 Å². The highest BCUT2D eigenvalue weighted by atomic mass is 27.0. The normalized spacial score (nSPS) is 6.86. The quantitative estimate of drug-likeness (QED) is 0.390. The van der Waals surface area contributed by atoms with Crippen LogP contribution in [0, 0.1) is 0 Å². The van der Waals surface area contributed by atoms with Gasteiger partial charge in [0, 0.05) is 0 Å². The minimum absolute atomic E-state index is 0. The molecule has 0 aliphatic rings. The van der Waals surface area contributed by atoms with Gasteiger partial charge in [0.1, 0.15) is 0 Å². The van der Waals surface area contributed by atoms with Gasteiger partial charge in [-0.3, -0.25) is 0 Å². The van der Waals surface area contributed by atoms with Crippen LogP contribution in [0.5, 0.6) is 0 Å². The van der Waals surface area contributed by atoms with Gasteiger partial charge in [-0.25, -0.2) is 0 Å². The Morgan fingerprint density at radius 3 is 1.71 bits per heavy atom. The average Bonchev–Trinajstić information content (AvgIpc) is 1.72. The predicted octanol–water partition coefficient (Wildman–Crippen LogP) is -1.31. The molecule has 1 aromatic heterocycles. The van der Waals surface area contributed by atoms with Crippen LogP contribution >= 0.6 is 0 Å². The number of rotatable bonds is 0. The average molecular weight is 111 g/mol. The molecule has 1 rings (SSSR count). The lowest BCUT2D eigenvalue weighted by atomic mass is 10.7. The first-order valence-corrected chi connectivity index (χ1v) is 1.58. The van der Waals surface area contributed by atoms with Gasteiger partial charge < -0.3 is 0 Å². The molecule has 0 spiro atoms. The van der Waals surface area contributed by atoms with E-state index >= 15 is 0 Å². The third kappa shape index (κ3) is 2.26. The molecular formula is C3H6AlN3. The Bertz CT molecular complexity index is 82.1. The molecule has 0 atom stereocenters. The van der Waals surface area contributed by atoms with Crippen molar-refractivity contribution in [2.75, 3.05) is 0 Å². The van der Waals surface area contributed by atoms with Gasteiger partial charge in [-0.15, -0.1) is 10.2 Å². The summed E-state index contributed by atoms with van der Waals surface area (Å²) in [5.74, 6) is 0. The summed E-state index contributed by atoms with van der Waals surface area (Å²) in [5, 5.41) is 10.1. The molecule has 7 heavy (non-hydrogen) atoms. The van der Waals surface area contributed by atoms with Crippen molar-refractivity contribution >= 4 is 17.4 Å². The number of hydrogen-bond donors (Lipinski definition) is 0. The van der Waals surface area contributed by atoms with Gasteiger partial charge in [-0.1, -0.05) is 0 Å². The minimum Gasteiger partial charge on any atom is -0.139 e. The zero-order valence-electron chi connectivity index (χ0n) is 3.07. The molecule has 0 bridgehead atoms. The van der Waals surface area contributed by atoms with Gasteiger partial charge in [0.05, 0.1) is 12.4 Å². The largest absolute Gasteiger partial charge is 0.187 e. The Kier molecular flexibility index (Phi) is 3.48. The van der Waals surface area contributed by atoms with Crippen molar-refractivity contribution in [2.45, 2.75) is 0 Å². The maximum Gasteiger partial charge on any atom is 0.187 e. The second-order valence-electron chi connectivity index (χ2n) is 0.811. The Hall–Kier alpha value is -0.458. The van der Waals surface area contributed by atoms with Gasteiger partial charge in [0.15, 0.2) is 17.4 Å². The molecule has 0 fully saturated rings. The van der Waals surface area contributed by atoms with E-state index in [-0.39, 0.29) is 17.4 Å². The van der Waals surface area contributed by atoms with Gasteiger partial charge in [0.2, 0.25) is 0 Å². The molecule has 1 aromatic rings. The lowest BCUT2D eigenvalue weighted by Gasteiger charge is -1.68. The van der Waals surface area contributed by atoms with E-state index in [1.807, 2.05) is 0 Å². The fourth-order valence-electron chi connectivity index (χ4n) is 0.205. The molecule has 0 amide bonds. The molecule has 4 heteroatoms. The van der Waals surface area contributed by atoms with E-state index < -0.39 is 0 Å². The zero-order chi connectivity index (χ0) is 4.24. The van der Waals surface area contributed by atoms with Crippen LogP contribution in [0.3, 0.4) is 0 Å². The van der Waals surface area contributed by atoms with Crippen LogP contribution in [0.15, 0.2) is 18.5 Å². The second kappa shape index (κ2) is 3.72. The molecule has 1 heterocycles. The van der Waals surface area contributed by atoms with Crippen molar-refractivity contribution in [2.24, 2.45) is 0 Å². The number of hydrogen-bond acceptors (Lipinski definition) is 3. The summed E-state index contributed by atoms with van der Waals surface area (Å²) < 4.78 is 0. The van der Waals surface area contributed by atoms with Crippen molar-refractivity contribution < 1.29 is 0 Å². The maximum absolute atomic E-state index is 3.42. The number of aromatic nitrogens is 3. The fourth-order valence-corrected chi connectivity index (χ4v) is 0.205.